The smallest absolute Gasteiger partial charge is 0.237 e. The first-order chi connectivity index (χ1) is 12.8. The van der Waals surface area contributed by atoms with Crippen LogP contribution >= 0.6 is 0 Å². The van der Waals surface area contributed by atoms with Crippen LogP contribution in [0.15, 0.2) is 77.9 Å². The zero-order valence-corrected chi connectivity index (χ0v) is 14.8. The molecule has 1 aromatic carbocycles. The summed E-state index contributed by atoms with van der Waals surface area (Å²) in [6.45, 7) is 2.10. The molecule has 1 heterocycles. The molecule has 1 aromatic rings. The van der Waals surface area contributed by atoms with Crippen LogP contribution in [0.5, 0.6) is 0 Å². The molecule has 1 N–H and O–H groups in total. The third-order valence-corrected chi connectivity index (χ3v) is 5.58. The molecule has 0 amide bonds. The fraction of sp³-hybridized carbons (Fsp3) is 0.261. The molecule has 0 saturated heterocycles. The average molecular weight is 340 g/mol. The van der Waals surface area contributed by atoms with Gasteiger partial charge in [-0.25, -0.2) is 9.98 Å². The van der Waals surface area contributed by atoms with Gasteiger partial charge in [0.2, 0.25) is 5.84 Å². The molecule has 3 unspecified atom stereocenters. The zero-order chi connectivity index (χ0) is 17.5. The quantitative estimate of drug-likeness (QED) is 0.842. The number of hydrogen-bond donors (Lipinski definition) is 1. The van der Waals surface area contributed by atoms with Crippen LogP contribution in [0, 0.1) is 30.6 Å². The van der Waals surface area contributed by atoms with Gasteiger partial charge >= 0.3 is 5.84 Å². The van der Waals surface area contributed by atoms with Crippen molar-refractivity contribution < 1.29 is 0 Å². The molecule has 5 rings (SSSR count). The fourth-order valence-corrected chi connectivity index (χ4v) is 3.99. The average Bonchev–Trinajstić information content (AvgIpc) is 3.43. The Bertz CT molecular complexity index is 932. The molecule has 3 nitrogen and oxygen atoms in total. The van der Waals surface area contributed by atoms with Gasteiger partial charge in [-0.2, -0.15) is 0 Å². The molecule has 3 aliphatic carbocycles. The lowest BCUT2D eigenvalue weighted by Crippen LogP contribution is -2.42. The standard InChI is InChI=1S/C23H21N3/c1-15-11-13-17(14-12-15)22-24-21(16-7-3-2-4-8-16)25-23(26-22)20-18-9-5-6-10-19(18)20/h2-7,9-14,16,18-20H,8H2,1H3/p+1. The van der Waals surface area contributed by atoms with E-state index in [2.05, 4.69) is 85.1 Å². The fourth-order valence-electron chi connectivity index (χ4n) is 3.99. The summed E-state index contributed by atoms with van der Waals surface area (Å²) in [6, 6.07) is 8.49. The van der Waals surface area contributed by atoms with Crippen LogP contribution in [0.2, 0.25) is 0 Å². The van der Waals surface area contributed by atoms with Crippen molar-refractivity contribution in [2.24, 2.45) is 28.7 Å². The lowest BCUT2D eigenvalue weighted by molar-refractivity contribution is 0.834. The highest BCUT2D eigenvalue weighted by atomic mass is 15.1. The molecule has 1 aliphatic heterocycles. The second kappa shape index (κ2) is 6.12. The Morgan fingerprint density at radius 1 is 0.962 bits per heavy atom. The summed E-state index contributed by atoms with van der Waals surface area (Å²) < 4.78 is 4.94. The summed E-state index contributed by atoms with van der Waals surface area (Å²) in [5, 5.41) is 3.58. The van der Waals surface area contributed by atoms with Gasteiger partial charge in [-0.05, 0) is 37.3 Å². The van der Waals surface area contributed by atoms with Crippen molar-refractivity contribution in [1.29, 1.82) is 0 Å². The predicted molar refractivity (Wildman–Crippen MR) is 108 cm³/mol. The monoisotopic (exact) mass is 340 g/mol. The van der Waals surface area contributed by atoms with Crippen LogP contribution in [-0.2, 0) is 0 Å². The topological polar surface area (TPSA) is 38.5 Å². The second-order valence-electron chi connectivity index (χ2n) is 7.41. The van der Waals surface area contributed by atoms with Gasteiger partial charge in [-0.15, -0.1) is 0 Å². The van der Waals surface area contributed by atoms with E-state index >= 15 is 0 Å². The summed E-state index contributed by atoms with van der Waals surface area (Å²) in [7, 11) is 0. The van der Waals surface area contributed by atoms with Crippen LogP contribution < -0.4 is 9.98 Å². The maximum Gasteiger partial charge on any atom is 0.359 e. The minimum absolute atomic E-state index is 0.290. The summed E-state index contributed by atoms with van der Waals surface area (Å²) in [5.74, 6) is 4.80. The van der Waals surface area contributed by atoms with Crippen molar-refractivity contribution in [2.75, 3.05) is 0 Å². The Labute approximate surface area is 154 Å². The van der Waals surface area contributed by atoms with Gasteiger partial charge in [0, 0.05) is 0 Å². The van der Waals surface area contributed by atoms with E-state index in [0.29, 0.717) is 17.8 Å². The summed E-state index contributed by atoms with van der Waals surface area (Å²) in [5.41, 5.74) is 2.33. The van der Waals surface area contributed by atoms with Gasteiger partial charge in [0.05, 0.1) is 17.4 Å². The number of nitrogens with zero attached hydrogens (tertiary/aromatic N) is 2. The van der Waals surface area contributed by atoms with Crippen molar-refractivity contribution in [3.05, 3.63) is 84.0 Å². The van der Waals surface area contributed by atoms with Gasteiger partial charge in [0.25, 0.3) is 5.84 Å². The minimum atomic E-state index is 0.290. The Hall–Kier alpha value is -2.90. The highest BCUT2D eigenvalue weighted by molar-refractivity contribution is 6.16. The maximum atomic E-state index is 4.94. The molecule has 3 heteroatoms. The summed E-state index contributed by atoms with van der Waals surface area (Å²) >= 11 is 0. The Morgan fingerprint density at radius 3 is 2.38 bits per heavy atom. The van der Waals surface area contributed by atoms with E-state index in [1.165, 1.54) is 5.56 Å². The Kier molecular flexibility index (Phi) is 3.62. The molecular formula is C23H22N3+. The van der Waals surface area contributed by atoms with Crippen molar-refractivity contribution in [2.45, 2.75) is 13.3 Å². The van der Waals surface area contributed by atoms with Crippen LogP contribution in [0.4, 0.5) is 0 Å². The molecule has 1 saturated carbocycles. The number of benzene rings is 1. The number of allylic oxidation sites excluding steroid dienone is 7. The highest BCUT2D eigenvalue weighted by Gasteiger charge is 2.55. The van der Waals surface area contributed by atoms with E-state index in [1.807, 2.05) is 0 Å². The maximum absolute atomic E-state index is 4.94. The number of nitrogens with one attached hydrogen (secondary N) is 1. The Balaban J connectivity index is 1.54. The van der Waals surface area contributed by atoms with E-state index in [4.69, 9.17) is 9.66 Å². The van der Waals surface area contributed by atoms with E-state index in [1.54, 1.807) is 0 Å². The largest absolute Gasteiger partial charge is 0.359 e. The minimum Gasteiger partial charge on any atom is -0.237 e. The lowest BCUT2D eigenvalue weighted by atomic mass is 9.98. The number of amidine groups is 3. The molecule has 0 bridgehead atoms. The third kappa shape index (κ3) is 2.71. The molecule has 0 aromatic heterocycles. The van der Waals surface area contributed by atoms with E-state index < -0.39 is 0 Å². The van der Waals surface area contributed by atoms with Crippen molar-refractivity contribution in [1.82, 2.24) is 9.98 Å². The van der Waals surface area contributed by atoms with Gasteiger partial charge in [0.15, 0.2) is 0 Å². The van der Waals surface area contributed by atoms with Gasteiger partial charge in [-0.3, -0.25) is 0 Å². The van der Waals surface area contributed by atoms with Crippen molar-refractivity contribution in [3.63, 3.8) is 0 Å². The first-order valence-corrected chi connectivity index (χ1v) is 9.36. The van der Waals surface area contributed by atoms with Crippen LogP contribution in [0.1, 0.15) is 17.5 Å². The molecule has 128 valence electrons. The normalized spacial score (nSPS) is 30.9. The third-order valence-electron chi connectivity index (χ3n) is 5.58. The number of hydrogen-bond acceptors (Lipinski definition) is 2. The van der Waals surface area contributed by atoms with Crippen molar-refractivity contribution in [3.8, 4) is 0 Å². The van der Waals surface area contributed by atoms with Gasteiger partial charge in [0.1, 0.15) is 0 Å². The number of rotatable bonds is 3. The zero-order valence-electron chi connectivity index (χ0n) is 14.8. The van der Waals surface area contributed by atoms with E-state index in [9.17, 15) is 0 Å². The van der Waals surface area contributed by atoms with Gasteiger partial charge in [-0.1, -0.05) is 71.3 Å². The molecule has 26 heavy (non-hydrogen) atoms. The second-order valence-corrected chi connectivity index (χ2v) is 7.41. The van der Waals surface area contributed by atoms with E-state index in [0.717, 1.165) is 29.5 Å². The van der Waals surface area contributed by atoms with Gasteiger partial charge < -0.3 is 0 Å². The lowest BCUT2D eigenvalue weighted by Gasteiger charge is -2.14. The van der Waals surface area contributed by atoms with E-state index in [-0.39, 0.29) is 5.92 Å². The number of fused-ring (bicyclic) bond motifs is 1. The van der Waals surface area contributed by atoms with Crippen LogP contribution in [-0.4, -0.2) is 17.5 Å². The number of aliphatic imine (C=N–C) groups is 1. The molecule has 0 radical (unpaired) electrons. The van der Waals surface area contributed by atoms with Crippen molar-refractivity contribution >= 4 is 17.5 Å². The van der Waals surface area contributed by atoms with Crippen LogP contribution in [0.3, 0.4) is 0 Å². The SMILES string of the molecule is Cc1ccc(C2=[N+]=C(C3C4C=CC=CC43)NC(C3C=CC=CC3)=N2)cc1. The molecule has 0 spiro atoms. The summed E-state index contributed by atoms with van der Waals surface area (Å²) in [4.78, 5) is 4.90. The Morgan fingerprint density at radius 2 is 1.69 bits per heavy atom. The molecule has 4 aliphatic rings. The highest BCUT2D eigenvalue weighted by Crippen LogP contribution is 2.50. The molecular weight excluding hydrogens is 318 g/mol. The predicted octanol–water partition coefficient (Wildman–Crippen LogP) is 3.33. The van der Waals surface area contributed by atoms with Crippen LogP contribution in [0.25, 0.3) is 0 Å². The first-order valence-electron chi connectivity index (χ1n) is 9.36. The summed E-state index contributed by atoms with van der Waals surface area (Å²) in [6.07, 6.45) is 18.5. The number of aryl methyl sites for hydroxylation is 1. The molecule has 3 atom stereocenters. The molecule has 1 fully saturated rings. The first kappa shape index (κ1) is 15.4.